The number of hydrogen-bond acceptors (Lipinski definition) is 4. The molecule has 0 bridgehead atoms. The largest absolute Gasteiger partial charge is 0.493 e. The summed E-state index contributed by atoms with van der Waals surface area (Å²) in [5, 5.41) is 3.41. The molecular formula is C17H29ClN2O3. The molecule has 3 N–H and O–H groups in total. The van der Waals surface area contributed by atoms with Crippen LogP contribution in [0, 0.1) is 0 Å². The van der Waals surface area contributed by atoms with Crippen molar-refractivity contribution in [2.75, 3.05) is 20.3 Å². The molecule has 0 saturated heterocycles. The number of rotatable bonds is 12. The van der Waals surface area contributed by atoms with Crippen LogP contribution in [-0.2, 0) is 11.3 Å². The van der Waals surface area contributed by atoms with Crippen LogP contribution < -0.4 is 20.5 Å². The first-order chi connectivity index (χ1) is 10.7. The van der Waals surface area contributed by atoms with Gasteiger partial charge in [0.2, 0.25) is 0 Å². The van der Waals surface area contributed by atoms with Gasteiger partial charge in [-0.05, 0) is 19.0 Å². The molecule has 0 aliphatic carbocycles. The van der Waals surface area contributed by atoms with Crippen molar-refractivity contribution in [3.05, 3.63) is 23.8 Å². The van der Waals surface area contributed by atoms with Crippen LogP contribution in [0.4, 0.5) is 0 Å². The monoisotopic (exact) mass is 344 g/mol. The summed E-state index contributed by atoms with van der Waals surface area (Å²) in [6.07, 6.45) is 6.29. The van der Waals surface area contributed by atoms with E-state index in [1.165, 1.54) is 32.1 Å². The summed E-state index contributed by atoms with van der Waals surface area (Å²) in [6.45, 7) is 3.72. The molecule has 0 atom stereocenters. The molecule has 132 valence electrons. The normalized spacial score (nSPS) is 10.0. The van der Waals surface area contributed by atoms with Crippen molar-refractivity contribution in [1.29, 1.82) is 0 Å². The first-order valence-electron chi connectivity index (χ1n) is 7.96. The Balaban J connectivity index is 0.00000484. The molecule has 23 heavy (non-hydrogen) atoms. The lowest BCUT2D eigenvalue weighted by atomic mass is 10.1. The topological polar surface area (TPSA) is 73.6 Å². The number of methoxy groups -OCH3 is 1. The number of carbonyl (C=O) groups excluding carboxylic acids is 1. The van der Waals surface area contributed by atoms with Crippen LogP contribution in [0.1, 0.15) is 44.6 Å². The van der Waals surface area contributed by atoms with Crippen molar-refractivity contribution in [3.63, 3.8) is 0 Å². The molecule has 0 spiro atoms. The van der Waals surface area contributed by atoms with Crippen LogP contribution in [0.15, 0.2) is 18.2 Å². The number of halogens is 1. The van der Waals surface area contributed by atoms with Gasteiger partial charge in [-0.25, -0.2) is 0 Å². The van der Waals surface area contributed by atoms with Gasteiger partial charge in [0, 0.05) is 12.1 Å². The Hall–Kier alpha value is -1.46. The van der Waals surface area contributed by atoms with E-state index in [-0.39, 0.29) is 19.0 Å². The Morgan fingerprint density at radius 3 is 2.61 bits per heavy atom. The van der Waals surface area contributed by atoms with Gasteiger partial charge in [-0.2, -0.15) is 0 Å². The molecule has 0 aliphatic heterocycles. The summed E-state index contributed by atoms with van der Waals surface area (Å²) in [7, 11) is 1.58. The maximum absolute atomic E-state index is 10.9. The molecule has 0 saturated carbocycles. The second-order valence-electron chi connectivity index (χ2n) is 5.29. The first kappa shape index (κ1) is 21.5. The smallest absolute Gasteiger partial charge is 0.255 e. The van der Waals surface area contributed by atoms with E-state index in [4.69, 9.17) is 15.2 Å². The Kier molecular flexibility index (Phi) is 12.2. The summed E-state index contributed by atoms with van der Waals surface area (Å²) in [6, 6.07) is 5.68. The highest BCUT2D eigenvalue weighted by Gasteiger charge is 2.11. The number of primary amides is 1. The van der Waals surface area contributed by atoms with E-state index >= 15 is 0 Å². The van der Waals surface area contributed by atoms with E-state index in [0.717, 1.165) is 12.1 Å². The number of nitrogens with two attached hydrogens (primary N) is 1. The molecule has 1 aromatic rings. The Bertz CT molecular complexity index is 455. The molecule has 0 heterocycles. The fourth-order valence-corrected chi connectivity index (χ4v) is 2.24. The van der Waals surface area contributed by atoms with Crippen LogP contribution in [0.3, 0.4) is 0 Å². The van der Waals surface area contributed by atoms with Crippen LogP contribution in [0.2, 0.25) is 0 Å². The lowest BCUT2D eigenvalue weighted by Crippen LogP contribution is -2.21. The third-order valence-corrected chi connectivity index (χ3v) is 3.41. The highest BCUT2D eigenvalue weighted by molar-refractivity contribution is 5.85. The number of benzene rings is 1. The SMILES string of the molecule is CCCCCCCNCc1cccc(OC)c1OCC(N)=O.Cl. The van der Waals surface area contributed by atoms with E-state index in [2.05, 4.69) is 12.2 Å². The summed E-state index contributed by atoms with van der Waals surface area (Å²) < 4.78 is 10.8. The quantitative estimate of drug-likeness (QED) is 0.571. The van der Waals surface area contributed by atoms with Crippen molar-refractivity contribution < 1.29 is 14.3 Å². The van der Waals surface area contributed by atoms with Gasteiger partial charge in [0.15, 0.2) is 18.1 Å². The number of hydrogen-bond donors (Lipinski definition) is 2. The third-order valence-electron chi connectivity index (χ3n) is 3.41. The van der Waals surface area contributed by atoms with Crippen molar-refractivity contribution in [3.8, 4) is 11.5 Å². The molecule has 1 aromatic carbocycles. The lowest BCUT2D eigenvalue weighted by Gasteiger charge is -2.14. The second kappa shape index (κ2) is 13.0. The van der Waals surface area contributed by atoms with Crippen molar-refractivity contribution >= 4 is 18.3 Å². The Morgan fingerprint density at radius 1 is 1.22 bits per heavy atom. The number of para-hydroxylation sites is 1. The number of carbonyl (C=O) groups is 1. The minimum absolute atomic E-state index is 0. The van der Waals surface area contributed by atoms with Gasteiger partial charge in [0.25, 0.3) is 5.91 Å². The predicted octanol–water partition coefficient (Wildman–Crippen LogP) is 3.04. The zero-order chi connectivity index (χ0) is 16.2. The van der Waals surface area contributed by atoms with Crippen molar-refractivity contribution in [2.45, 2.75) is 45.6 Å². The molecule has 0 radical (unpaired) electrons. The van der Waals surface area contributed by atoms with Gasteiger partial charge in [-0.1, -0.05) is 44.7 Å². The van der Waals surface area contributed by atoms with Crippen LogP contribution >= 0.6 is 12.4 Å². The average molecular weight is 345 g/mol. The molecule has 0 aromatic heterocycles. The zero-order valence-corrected chi connectivity index (χ0v) is 14.9. The zero-order valence-electron chi connectivity index (χ0n) is 14.1. The lowest BCUT2D eigenvalue weighted by molar-refractivity contribution is -0.119. The van der Waals surface area contributed by atoms with Gasteiger partial charge in [-0.3, -0.25) is 4.79 Å². The summed E-state index contributed by atoms with van der Waals surface area (Å²) in [4.78, 5) is 10.9. The van der Waals surface area contributed by atoms with Crippen LogP contribution in [-0.4, -0.2) is 26.2 Å². The van der Waals surface area contributed by atoms with Crippen LogP contribution in [0.5, 0.6) is 11.5 Å². The summed E-state index contributed by atoms with van der Waals surface area (Å²) >= 11 is 0. The van der Waals surface area contributed by atoms with E-state index in [1.807, 2.05) is 18.2 Å². The van der Waals surface area contributed by atoms with Crippen molar-refractivity contribution in [2.24, 2.45) is 5.73 Å². The number of unbranched alkanes of at least 4 members (excludes halogenated alkanes) is 4. The number of amides is 1. The first-order valence-corrected chi connectivity index (χ1v) is 7.96. The summed E-state index contributed by atoms with van der Waals surface area (Å²) in [5.74, 6) is 0.700. The fraction of sp³-hybridized carbons (Fsp3) is 0.588. The van der Waals surface area contributed by atoms with E-state index in [9.17, 15) is 4.79 Å². The molecule has 0 unspecified atom stereocenters. The Morgan fingerprint density at radius 2 is 1.96 bits per heavy atom. The van der Waals surface area contributed by atoms with Gasteiger partial charge < -0.3 is 20.5 Å². The maximum atomic E-state index is 10.9. The maximum Gasteiger partial charge on any atom is 0.255 e. The molecule has 1 rings (SSSR count). The molecule has 0 aliphatic rings. The van der Waals surface area contributed by atoms with Gasteiger partial charge in [0.1, 0.15) is 0 Å². The highest BCUT2D eigenvalue weighted by atomic mass is 35.5. The minimum Gasteiger partial charge on any atom is -0.493 e. The van der Waals surface area contributed by atoms with E-state index < -0.39 is 5.91 Å². The van der Waals surface area contributed by atoms with Gasteiger partial charge in [-0.15, -0.1) is 12.4 Å². The molecule has 5 nitrogen and oxygen atoms in total. The van der Waals surface area contributed by atoms with Crippen LogP contribution in [0.25, 0.3) is 0 Å². The van der Waals surface area contributed by atoms with Gasteiger partial charge >= 0.3 is 0 Å². The average Bonchev–Trinajstić information content (AvgIpc) is 2.52. The molecule has 6 heteroatoms. The molecule has 0 fully saturated rings. The predicted molar refractivity (Wildman–Crippen MR) is 95.4 cm³/mol. The van der Waals surface area contributed by atoms with Gasteiger partial charge in [0.05, 0.1) is 7.11 Å². The van der Waals surface area contributed by atoms with E-state index in [0.29, 0.717) is 18.0 Å². The third kappa shape index (κ3) is 8.67. The fourth-order valence-electron chi connectivity index (χ4n) is 2.24. The van der Waals surface area contributed by atoms with Crippen molar-refractivity contribution in [1.82, 2.24) is 5.32 Å². The number of ether oxygens (including phenoxy) is 2. The summed E-state index contributed by atoms with van der Waals surface area (Å²) in [5.41, 5.74) is 6.11. The highest BCUT2D eigenvalue weighted by Crippen LogP contribution is 2.30. The molecule has 1 amide bonds. The molecular weight excluding hydrogens is 316 g/mol. The number of nitrogens with one attached hydrogen (secondary N) is 1. The van der Waals surface area contributed by atoms with E-state index in [1.54, 1.807) is 7.11 Å². The minimum atomic E-state index is -0.499. The standard InChI is InChI=1S/C17H28N2O3.ClH/c1-3-4-5-6-7-11-19-12-14-9-8-10-15(21-2)17(14)22-13-16(18)20;/h8-10,19H,3-7,11-13H2,1-2H3,(H2,18,20);1H. The Labute approximate surface area is 145 Å². The second-order valence-corrected chi connectivity index (χ2v) is 5.29.